The molecule has 0 aliphatic heterocycles. The van der Waals surface area contributed by atoms with Crippen LogP contribution >= 0.6 is 0 Å². The molecule has 3 atom stereocenters. The molecule has 0 saturated carbocycles. The predicted octanol–water partition coefficient (Wildman–Crippen LogP) is 13.9. The molecule has 0 bridgehead atoms. The van der Waals surface area contributed by atoms with Crippen molar-refractivity contribution in [2.24, 2.45) is 0 Å². The highest BCUT2D eigenvalue weighted by Gasteiger charge is 2.24. The van der Waals surface area contributed by atoms with Gasteiger partial charge >= 0.3 is 5.97 Å². The number of aliphatic hydroxyl groups excluding tert-OH is 2. The molecule has 0 aliphatic carbocycles. The predicted molar refractivity (Wildman–Crippen MR) is 241 cm³/mol. The zero-order chi connectivity index (χ0) is 41.0. The fourth-order valence-electron chi connectivity index (χ4n) is 7.15. The molecule has 56 heavy (non-hydrogen) atoms. The Morgan fingerprint density at radius 2 is 0.964 bits per heavy atom. The van der Waals surface area contributed by atoms with Crippen molar-refractivity contribution in [1.29, 1.82) is 0 Å². The maximum atomic E-state index is 13.1. The number of nitrogens with one attached hydrogen (secondary N) is 1. The van der Waals surface area contributed by atoms with E-state index in [2.05, 4.69) is 56.5 Å². The van der Waals surface area contributed by atoms with E-state index in [1.54, 1.807) is 0 Å². The molecule has 326 valence electrons. The van der Waals surface area contributed by atoms with Crippen LogP contribution in [0.2, 0.25) is 0 Å². The summed E-state index contributed by atoms with van der Waals surface area (Å²) in [5.41, 5.74) is 0. The lowest BCUT2D eigenvalue weighted by Gasteiger charge is -2.24. The van der Waals surface area contributed by atoms with Gasteiger partial charge < -0.3 is 20.3 Å². The number of amides is 1. The monoisotopic (exact) mass is 786 g/mol. The Kier molecular flexibility index (Phi) is 42.2. The molecule has 0 aromatic rings. The van der Waals surface area contributed by atoms with Gasteiger partial charge in [-0.3, -0.25) is 9.59 Å². The molecule has 3 N–H and O–H groups in total. The van der Waals surface area contributed by atoms with E-state index in [4.69, 9.17) is 4.74 Å². The van der Waals surface area contributed by atoms with Crippen LogP contribution in [-0.2, 0) is 14.3 Å². The van der Waals surface area contributed by atoms with Crippen LogP contribution in [0.15, 0.2) is 48.6 Å². The number of allylic oxidation sites excluding steroid dienone is 8. The number of ether oxygens (including phenoxy) is 1. The molecule has 1 amide bonds. The summed E-state index contributed by atoms with van der Waals surface area (Å²) in [6.45, 7) is 6.32. The molecule has 0 aliphatic rings. The van der Waals surface area contributed by atoms with Gasteiger partial charge in [0.1, 0.15) is 6.10 Å². The lowest BCUT2D eigenvalue weighted by atomic mass is 10.0. The summed E-state index contributed by atoms with van der Waals surface area (Å²) < 4.78 is 5.89. The molecule has 6 heteroatoms. The second kappa shape index (κ2) is 43.9. The maximum Gasteiger partial charge on any atom is 0.306 e. The highest BCUT2D eigenvalue weighted by molar-refractivity contribution is 5.77. The van der Waals surface area contributed by atoms with Crippen molar-refractivity contribution in [3.63, 3.8) is 0 Å². The van der Waals surface area contributed by atoms with Gasteiger partial charge in [0, 0.05) is 6.42 Å². The fraction of sp³-hybridized carbons (Fsp3) is 0.800. The Hall–Kier alpha value is -2.18. The smallest absolute Gasteiger partial charge is 0.306 e. The van der Waals surface area contributed by atoms with E-state index >= 15 is 0 Å². The van der Waals surface area contributed by atoms with Gasteiger partial charge in [0.2, 0.25) is 5.91 Å². The standard InChI is InChI=1S/C50H91NO5/c1-4-7-10-13-16-19-21-23-24-26-28-31-34-37-40-43-50(55)56-46(41-38-35-32-29-18-15-12-9-6-3)44-49(54)51-47(45-52)48(53)42-39-36-33-30-27-25-22-20-17-14-11-8-5-2/h7,10,13,16,19,21,23-24,46-48,52-53H,4-6,8-9,11-12,14-15,17-18,20,22,25-45H2,1-3H3,(H,51,54)/b10-7+,16-13+,21-19+,24-23-. The van der Waals surface area contributed by atoms with E-state index in [0.717, 1.165) is 83.5 Å². The zero-order valence-electron chi connectivity index (χ0n) is 37.0. The first-order valence-electron chi connectivity index (χ1n) is 23.9. The first kappa shape index (κ1) is 53.8. The minimum absolute atomic E-state index is 0.0691. The van der Waals surface area contributed by atoms with Gasteiger partial charge in [0.05, 0.1) is 25.2 Å². The van der Waals surface area contributed by atoms with Crippen molar-refractivity contribution >= 4 is 11.9 Å². The molecule has 3 unspecified atom stereocenters. The van der Waals surface area contributed by atoms with Gasteiger partial charge in [-0.2, -0.15) is 0 Å². The molecule has 6 nitrogen and oxygen atoms in total. The zero-order valence-corrected chi connectivity index (χ0v) is 37.0. The molecule has 0 fully saturated rings. The number of unbranched alkanes of at least 4 members (excludes halogenated alkanes) is 25. The number of carbonyl (C=O) groups excluding carboxylic acids is 2. The van der Waals surface area contributed by atoms with Crippen LogP contribution in [0.5, 0.6) is 0 Å². The van der Waals surface area contributed by atoms with Gasteiger partial charge in [-0.25, -0.2) is 0 Å². The van der Waals surface area contributed by atoms with Gasteiger partial charge in [0.25, 0.3) is 0 Å². The Morgan fingerprint density at radius 3 is 1.46 bits per heavy atom. The molecule has 0 heterocycles. The van der Waals surface area contributed by atoms with Gasteiger partial charge in [-0.15, -0.1) is 0 Å². The number of esters is 1. The molecule has 0 aromatic heterocycles. The first-order valence-corrected chi connectivity index (χ1v) is 23.9. The molecule has 0 saturated heterocycles. The Bertz CT molecular complexity index is 972. The Balaban J connectivity index is 4.53. The average Bonchev–Trinajstić information content (AvgIpc) is 3.19. The van der Waals surface area contributed by atoms with Crippen molar-refractivity contribution in [1.82, 2.24) is 5.32 Å². The lowest BCUT2D eigenvalue weighted by Crippen LogP contribution is -2.46. The van der Waals surface area contributed by atoms with E-state index in [1.165, 1.54) is 103 Å². The number of aliphatic hydroxyl groups is 2. The third-order valence-electron chi connectivity index (χ3n) is 10.8. The summed E-state index contributed by atoms with van der Waals surface area (Å²) in [5, 5.41) is 23.7. The minimum Gasteiger partial charge on any atom is -0.462 e. The van der Waals surface area contributed by atoms with Crippen LogP contribution in [0.25, 0.3) is 0 Å². The summed E-state index contributed by atoms with van der Waals surface area (Å²) >= 11 is 0. The van der Waals surface area contributed by atoms with Crippen LogP contribution < -0.4 is 5.32 Å². The second-order valence-electron chi connectivity index (χ2n) is 16.2. The highest BCUT2D eigenvalue weighted by Crippen LogP contribution is 2.18. The van der Waals surface area contributed by atoms with E-state index in [0.29, 0.717) is 19.3 Å². The van der Waals surface area contributed by atoms with E-state index in [1.807, 2.05) is 18.2 Å². The number of hydrogen-bond donors (Lipinski definition) is 3. The normalized spacial score (nSPS) is 13.7. The van der Waals surface area contributed by atoms with Crippen molar-refractivity contribution in [3.8, 4) is 0 Å². The van der Waals surface area contributed by atoms with Crippen LogP contribution in [0.4, 0.5) is 0 Å². The first-order chi connectivity index (χ1) is 27.5. The van der Waals surface area contributed by atoms with Crippen molar-refractivity contribution in [2.75, 3.05) is 6.61 Å². The van der Waals surface area contributed by atoms with Gasteiger partial charge in [0.15, 0.2) is 0 Å². The minimum atomic E-state index is -0.789. The summed E-state index contributed by atoms with van der Waals surface area (Å²) in [4.78, 5) is 26.0. The molecular formula is C50H91NO5. The number of rotatable bonds is 42. The summed E-state index contributed by atoms with van der Waals surface area (Å²) in [6, 6.07) is -0.703. The molecule has 0 rings (SSSR count). The third-order valence-corrected chi connectivity index (χ3v) is 10.8. The van der Waals surface area contributed by atoms with Crippen molar-refractivity contribution in [3.05, 3.63) is 48.6 Å². The Morgan fingerprint density at radius 1 is 0.536 bits per heavy atom. The van der Waals surface area contributed by atoms with Gasteiger partial charge in [-0.1, -0.05) is 223 Å². The highest BCUT2D eigenvalue weighted by atomic mass is 16.5. The molecule has 0 aromatic carbocycles. The summed E-state index contributed by atoms with van der Waals surface area (Å²) in [6.07, 6.45) is 51.7. The lowest BCUT2D eigenvalue weighted by molar-refractivity contribution is -0.151. The van der Waals surface area contributed by atoms with Crippen LogP contribution in [0.3, 0.4) is 0 Å². The quantitative estimate of drug-likeness (QED) is 0.0325. The van der Waals surface area contributed by atoms with E-state index < -0.39 is 18.2 Å². The molecular weight excluding hydrogens is 695 g/mol. The van der Waals surface area contributed by atoms with Crippen LogP contribution in [-0.4, -0.2) is 46.9 Å². The van der Waals surface area contributed by atoms with E-state index in [9.17, 15) is 19.8 Å². The largest absolute Gasteiger partial charge is 0.462 e. The van der Waals surface area contributed by atoms with Crippen molar-refractivity contribution in [2.45, 2.75) is 251 Å². The molecule has 0 radical (unpaired) electrons. The number of carbonyl (C=O) groups is 2. The topological polar surface area (TPSA) is 95.9 Å². The second-order valence-corrected chi connectivity index (χ2v) is 16.2. The summed E-state index contributed by atoms with van der Waals surface area (Å²) in [7, 11) is 0. The maximum absolute atomic E-state index is 13.1. The van der Waals surface area contributed by atoms with Crippen LogP contribution in [0.1, 0.15) is 233 Å². The number of hydrogen-bond acceptors (Lipinski definition) is 5. The van der Waals surface area contributed by atoms with Crippen LogP contribution in [0, 0.1) is 0 Å². The molecule has 0 spiro atoms. The summed E-state index contributed by atoms with van der Waals surface area (Å²) in [5.74, 6) is -0.499. The van der Waals surface area contributed by atoms with Crippen molar-refractivity contribution < 1.29 is 24.5 Å². The SMILES string of the molecule is CC/C=C/C=C/C=C/C=C\CCCCCCCC(=O)OC(CCCCCCCCCCC)CC(=O)NC(CO)C(O)CCCCCCCCCCCCCCC. The fourth-order valence-corrected chi connectivity index (χ4v) is 7.15. The average molecular weight is 786 g/mol. The van der Waals surface area contributed by atoms with E-state index in [-0.39, 0.29) is 24.9 Å². The third kappa shape index (κ3) is 38.7. The Labute approximate surface area is 346 Å². The van der Waals surface area contributed by atoms with Gasteiger partial charge in [-0.05, 0) is 44.9 Å².